The highest BCUT2D eigenvalue weighted by molar-refractivity contribution is 5.30. The van der Waals surface area contributed by atoms with E-state index in [-0.39, 0.29) is 6.61 Å². The van der Waals surface area contributed by atoms with Crippen LogP contribution in [0.1, 0.15) is 16.7 Å². The Balaban J connectivity index is 1.89. The molecule has 2 rings (SSSR count). The Bertz CT molecular complexity index is 431. The number of aliphatic hydroxyl groups is 1. The maximum atomic E-state index is 9.30. The Morgan fingerprint density at radius 2 is 1.95 bits per heavy atom. The van der Waals surface area contributed by atoms with Crippen molar-refractivity contribution in [3.63, 3.8) is 0 Å². The van der Waals surface area contributed by atoms with Gasteiger partial charge in [-0.05, 0) is 25.0 Å². The lowest BCUT2D eigenvalue weighted by molar-refractivity contribution is 0.0320. The van der Waals surface area contributed by atoms with Crippen molar-refractivity contribution in [2.45, 2.75) is 20.4 Å². The number of ether oxygens (including phenoxy) is 1. The molecule has 0 spiro atoms. The molecule has 118 valence electrons. The van der Waals surface area contributed by atoms with Gasteiger partial charge >= 0.3 is 0 Å². The number of benzene rings is 1. The number of morpholine rings is 1. The number of aryl methyl sites for hydroxylation is 2. The second kappa shape index (κ2) is 8.49. The first-order chi connectivity index (χ1) is 10.2. The Kier molecular flexibility index (Phi) is 6.64. The standard InChI is InChI=1S/C17H28N2O2/c1-15-3-4-16(2)17(13-15)14-19(7-10-20)6-5-18-8-11-21-12-9-18/h3-4,13,20H,5-12,14H2,1-2H3. The van der Waals surface area contributed by atoms with E-state index in [2.05, 4.69) is 41.8 Å². The number of nitrogens with zero attached hydrogens (tertiary/aromatic N) is 2. The third-order valence-electron chi connectivity index (χ3n) is 4.15. The van der Waals surface area contributed by atoms with E-state index < -0.39 is 0 Å². The fourth-order valence-electron chi connectivity index (χ4n) is 2.73. The first-order valence-corrected chi connectivity index (χ1v) is 7.88. The lowest BCUT2D eigenvalue weighted by atomic mass is 10.1. The zero-order valence-electron chi connectivity index (χ0n) is 13.3. The van der Waals surface area contributed by atoms with Crippen LogP contribution < -0.4 is 0 Å². The molecule has 0 saturated carbocycles. The molecular weight excluding hydrogens is 264 g/mol. The topological polar surface area (TPSA) is 35.9 Å². The van der Waals surface area contributed by atoms with Crippen LogP contribution in [0, 0.1) is 13.8 Å². The number of hydrogen-bond acceptors (Lipinski definition) is 4. The molecule has 1 aliphatic heterocycles. The van der Waals surface area contributed by atoms with E-state index in [1.807, 2.05) is 0 Å². The molecule has 0 amide bonds. The van der Waals surface area contributed by atoms with Crippen molar-refractivity contribution in [2.75, 3.05) is 52.5 Å². The van der Waals surface area contributed by atoms with Crippen molar-refractivity contribution in [2.24, 2.45) is 0 Å². The largest absolute Gasteiger partial charge is 0.395 e. The summed E-state index contributed by atoms with van der Waals surface area (Å²) >= 11 is 0. The first-order valence-electron chi connectivity index (χ1n) is 7.88. The fourth-order valence-corrected chi connectivity index (χ4v) is 2.73. The average Bonchev–Trinajstić information content (AvgIpc) is 2.50. The van der Waals surface area contributed by atoms with E-state index in [1.54, 1.807) is 0 Å². The molecule has 1 saturated heterocycles. The van der Waals surface area contributed by atoms with E-state index >= 15 is 0 Å². The summed E-state index contributed by atoms with van der Waals surface area (Å²) in [6.45, 7) is 11.9. The second-order valence-electron chi connectivity index (χ2n) is 5.88. The van der Waals surface area contributed by atoms with Gasteiger partial charge in [-0.15, -0.1) is 0 Å². The minimum absolute atomic E-state index is 0.216. The van der Waals surface area contributed by atoms with Gasteiger partial charge in [-0.2, -0.15) is 0 Å². The minimum atomic E-state index is 0.216. The predicted octanol–water partition coefficient (Wildman–Crippen LogP) is 1.43. The zero-order chi connectivity index (χ0) is 15.1. The van der Waals surface area contributed by atoms with Crippen molar-refractivity contribution >= 4 is 0 Å². The molecule has 0 aliphatic carbocycles. The maximum Gasteiger partial charge on any atom is 0.0594 e. The fraction of sp³-hybridized carbons (Fsp3) is 0.647. The Morgan fingerprint density at radius 1 is 1.19 bits per heavy atom. The summed E-state index contributed by atoms with van der Waals surface area (Å²) in [4.78, 5) is 4.79. The lowest BCUT2D eigenvalue weighted by Gasteiger charge is -2.30. The van der Waals surface area contributed by atoms with Crippen LogP contribution in [0.25, 0.3) is 0 Å². The summed E-state index contributed by atoms with van der Waals surface area (Å²) in [6.07, 6.45) is 0. The quantitative estimate of drug-likeness (QED) is 0.825. The van der Waals surface area contributed by atoms with Crippen molar-refractivity contribution in [3.8, 4) is 0 Å². The van der Waals surface area contributed by atoms with Crippen LogP contribution in [0.2, 0.25) is 0 Å². The van der Waals surface area contributed by atoms with Crippen LogP contribution >= 0.6 is 0 Å². The highest BCUT2D eigenvalue weighted by Crippen LogP contribution is 2.13. The third-order valence-corrected chi connectivity index (χ3v) is 4.15. The molecule has 0 atom stereocenters. The minimum Gasteiger partial charge on any atom is -0.395 e. The van der Waals surface area contributed by atoms with Gasteiger partial charge in [0.1, 0.15) is 0 Å². The van der Waals surface area contributed by atoms with E-state index in [0.717, 1.165) is 52.5 Å². The van der Waals surface area contributed by atoms with E-state index in [9.17, 15) is 5.11 Å². The number of aliphatic hydroxyl groups excluding tert-OH is 1. The van der Waals surface area contributed by atoms with Gasteiger partial charge in [0.15, 0.2) is 0 Å². The molecule has 4 heteroatoms. The summed E-state index contributed by atoms with van der Waals surface area (Å²) in [6, 6.07) is 6.60. The molecule has 0 bridgehead atoms. The molecular formula is C17H28N2O2. The van der Waals surface area contributed by atoms with Crippen molar-refractivity contribution < 1.29 is 9.84 Å². The molecule has 1 aliphatic rings. The SMILES string of the molecule is Cc1ccc(C)c(CN(CCO)CCN2CCOCC2)c1. The third kappa shape index (κ3) is 5.40. The molecule has 1 N–H and O–H groups in total. The Labute approximate surface area is 128 Å². The van der Waals surface area contributed by atoms with Crippen LogP contribution in [0.15, 0.2) is 18.2 Å². The summed E-state index contributed by atoms with van der Waals surface area (Å²) in [7, 11) is 0. The van der Waals surface area contributed by atoms with Crippen LogP contribution in [0.5, 0.6) is 0 Å². The smallest absolute Gasteiger partial charge is 0.0594 e. The molecule has 21 heavy (non-hydrogen) atoms. The van der Waals surface area contributed by atoms with Gasteiger partial charge < -0.3 is 9.84 Å². The van der Waals surface area contributed by atoms with Gasteiger partial charge in [0.2, 0.25) is 0 Å². The monoisotopic (exact) mass is 292 g/mol. The van der Waals surface area contributed by atoms with Gasteiger partial charge in [0.05, 0.1) is 19.8 Å². The van der Waals surface area contributed by atoms with Crippen LogP contribution in [-0.2, 0) is 11.3 Å². The van der Waals surface area contributed by atoms with Crippen LogP contribution in [0.4, 0.5) is 0 Å². The summed E-state index contributed by atoms with van der Waals surface area (Å²) in [5, 5.41) is 9.30. The molecule has 1 heterocycles. The highest BCUT2D eigenvalue weighted by Gasteiger charge is 2.13. The molecule has 0 radical (unpaired) electrons. The van der Waals surface area contributed by atoms with Crippen molar-refractivity contribution in [1.82, 2.24) is 9.80 Å². The molecule has 0 aromatic heterocycles. The second-order valence-corrected chi connectivity index (χ2v) is 5.88. The average molecular weight is 292 g/mol. The van der Waals surface area contributed by atoms with E-state index in [0.29, 0.717) is 0 Å². The van der Waals surface area contributed by atoms with Gasteiger partial charge in [-0.25, -0.2) is 0 Å². The Morgan fingerprint density at radius 3 is 2.67 bits per heavy atom. The van der Waals surface area contributed by atoms with Crippen molar-refractivity contribution in [3.05, 3.63) is 34.9 Å². The summed E-state index contributed by atoms with van der Waals surface area (Å²) < 4.78 is 5.38. The van der Waals surface area contributed by atoms with Gasteiger partial charge in [0, 0.05) is 39.3 Å². The maximum absolute atomic E-state index is 9.30. The van der Waals surface area contributed by atoms with Crippen molar-refractivity contribution in [1.29, 1.82) is 0 Å². The highest BCUT2D eigenvalue weighted by atomic mass is 16.5. The Hall–Kier alpha value is -0.940. The summed E-state index contributed by atoms with van der Waals surface area (Å²) in [5.41, 5.74) is 3.99. The van der Waals surface area contributed by atoms with Gasteiger partial charge in [0.25, 0.3) is 0 Å². The number of rotatable bonds is 7. The molecule has 1 fully saturated rings. The number of hydrogen-bond donors (Lipinski definition) is 1. The zero-order valence-corrected chi connectivity index (χ0v) is 13.3. The van der Waals surface area contributed by atoms with Gasteiger partial charge in [-0.3, -0.25) is 9.80 Å². The predicted molar refractivity (Wildman–Crippen MR) is 85.5 cm³/mol. The summed E-state index contributed by atoms with van der Waals surface area (Å²) in [5.74, 6) is 0. The molecule has 0 unspecified atom stereocenters. The van der Waals surface area contributed by atoms with E-state index in [4.69, 9.17) is 4.74 Å². The van der Waals surface area contributed by atoms with Crippen LogP contribution in [0.3, 0.4) is 0 Å². The normalized spacial score (nSPS) is 16.6. The molecule has 4 nitrogen and oxygen atoms in total. The van der Waals surface area contributed by atoms with Gasteiger partial charge in [-0.1, -0.05) is 23.8 Å². The van der Waals surface area contributed by atoms with E-state index in [1.165, 1.54) is 16.7 Å². The molecule has 1 aromatic rings. The van der Waals surface area contributed by atoms with Crippen LogP contribution in [-0.4, -0.2) is 67.5 Å². The lowest BCUT2D eigenvalue weighted by Crippen LogP contribution is -2.42. The first kappa shape index (κ1) is 16.4. The molecule has 1 aromatic carbocycles.